The standard InChI is InChI=1S/C23H21NO3/c1-2-4-18(5-3-1)27-19-8-6-16(7-9-19)23-20-15-22-21(25-12-13-26-22)14-17(20)10-11-24-23/h1-9,14-15,23-24H,10-13H2. The van der Waals surface area contributed by atoms with Crippen molar-refractivity contribution in [1.82, 2.24) is 5.32 Å². The van der Waals surface area contributed by atoms with Gasteiger partial charge in [-0.2, -0.15) is 0 Å². The second kappa shape index (κ2) is 6.97. The third-order valence-electron chi connectivity index (χ3n) is 5.05. The number of rotatable bonds is 3. The molecule has 1 atom stereocenters. The number of hydrogen-bond acceptors (Lipinski definition) is 4. The number of ether oxygens (including phenoxy) is 3. The maximum absolute atomic E-state index is 5.91. The molecule has 5 rings (SSSR count). The molecular weight excluding hydrogens is 338 g/mol. The van der Waals surface area contributed by atoms with Crippen molar-refractivity contribution in [2.75, 3.05) is 19.8 Å². The van der Waals surface area contributed by atoms with Crippen LogP contribution in [0.4, 0.5) is 0 Å². The summed E-state index contributed by atoms with van der Waals surface area (Å²) in [5.74, 6) is 3.39. The van der Waals surface area contributed by atoms with E-state index >= 15 is 0 Å². The van der Waals surface area contributed by atoms with Crippen LogP contribution in [-0.2, 0) is 6.42 Å². The summed E-state index contributed by atoms with van der Waals surface area (Å²) < 4.78 is 17.4. The first kappa shape index (κ1) is 16.2. The molecule has 4 heteroatoms. The van der Waals surface area contributed by atoms with E-state index in [0.29, 0.717) is 13.2 Å². The number of hydrogen-bond donors (Lipinski definition) is 1. The second-order valence-corrected chi connectivity index (χ2v) is 6.82. The molecule has 3 aromatic carbocycles. The molecule has 0 saturated heterocycles. The first-order valence-electron chi connectivity index (χ1n) is 9.35. The molecule has 136 valence electrons. The van der Waals surface area contributed by atoms with Gasteiger partial charge in [-0.25, -0.2) is 0 Å². The maximum Gasteiger partial charge on any atom is 0.161 e. The summed E-state index contributed by atoms with van der Waals surface area (Å²) in [4.78, 5) is 0. The van der Waals surface area contributed by atoms with Crippen LogP contribution in [0.1, 0.15) is 22.7 Å². The zero-order valence-corrected chi connectivity index (χ0v) is 15.0. The van der Waals surface area contributed by atoms with E-state index in [9.17, 15) is 0 Å². The van der Waals surface area contributed by atoms with Gasteiger partial charge < -0.3 is 19.5 Å². The third kappa shape index (κ3) is 3.24. The van der Waals surface area contributed by atoms with Crippen LogP contribution in [-0.4, -0.2) is 19.8 Å². The van der Waals surface area contributed by atoms with Gasteiger partial charge in [0.15, 0.2) is 11.5 Å². The van der Waals surface area contributed by atoms with E-state index in [1.807, 2.05) is 42.5 Å². The van der Waals surface area contributed by atoms with Gasteiger partial charge in [-0.05, 0) is 59.5 Å². The minimum atomic E-state index is 0.148. The first-order chi connectivity index (χ1) is 13.4. The highest BCUT2D eigenvalue weighted by Crippen LogP contribution is 2.39. The van der Waals surface area contributed by atoms with Crippen molar-refractivity contribution < 1.29 is 14.2 Å². The van der Waals surface area contributed by atoms with Gasteiger partial charge in [0.05, 0.1) is 6.04 Å². The van der Waals surface area contributed by atoms with Gasteiger partial charge in [0, 0.05) is 6.54 Å². The van der Waals surface area contributed by atoms with Crippen molar-refractivity contribution >= 4 is 0 Å². The third-order valence-corrected chi connectivity index (χ3v) is 5.05. The molecule has 0 amide bonds. The Morgan fingerprint density at radius 2 is 1.52 bits per heavy atom. The fraction of sp³-hybridized carbons (Fsp3) is 0.217. The van der Waals surface area contributed by atoms with Gasteiger partial charge in [0.1, 0.15) is 24.7 Å². The Morgan fingerprint density at radius 3 is 2.30 bits per heavy atom. The lowest BCUT2D eigenvalue weighted by Gasteiger charge is -2.30. The Labute approximate surface area is 158 Å². The number of nitrogens with one attached hydrogen (secondary N) is 1. The van der Waals surface area contributed by atoms with Crippen LogP contribution in [0, 0.1) is 0 Å². The zero-order chi connectivity index (χ0) is 18.1. The Bertz CT molecular complexity index is 938. The quantitative estimate of drug-likeness (QED) is 0.748. The predicted octanol–water partition coefficient (Wildman–Crippen LogP) is 4.49. The Kier molecular flexibility index (Phi) is 4.18. The number of benzene rings is 3. The summed E-state index contributed by atoms with van der Waals surface area (Å²) in [5.41, 5.74) is 3.81. The molecule has 0 saturated carbocycles. The van der Waals surface area contributed by atoms with E-state index in [0.717, 1.165) is 36.0 Å². The Hall–Kier alpha value is -2.98. The summed E-state index contributed by atoms with van der Waals surface area (Å²) in [5, 5.41) is 3.63. The maximum atomic E-state index is 5.91. The highest BCUT2D eigenvalue weighted by Gasteiger charge is 2.25. The second-order valence-electron chi connectivity index (χ2n) is 6.82. The molecule has 0 aliphatic carbocycles. The molecular formula is C23H21NO3. The van der Waals surface area contributed by atoms with Crippen molar-refractivity contribution in [3.05, 3.63) is 83.4 Å². The van der Waals surface area contributed by atoms with E-state index in [2.05, 4.69) is 29.6 Å². The Balaban J connectivity index is 1.42. The first-order valence-corrected chi connectivity index (χ1v) is 9.35. The van der Waals surface area contributed by atoms with Crippen LogP contribution in [0.25, 0.3) is 0 Å². The molecule has 2 aliphatic rings. The smallest absolute Gasteiger partial charge is 0.161 e. The molecule has 0 bridgehead atoms. The fourth-order valence-electron chi connectivity index (χ4n) is 3.74. The van der Waals surface area contributed by atoms with Crippen LogP contribution < -0.4 is 19.5 Å². The minimum Gasteiger partial charge on any atom is -0.486 e. The molecule has 0 fully saturated rings. The largest absolute Gasteiger partial charge is 0.486 e. The van der Waals surface area contributed by atoms with Crippen LogP contribution in [0.5, 0.6) is 23.0 Å². The minimum absolute atomic E-state index is 0.148. The molecule has 2 heterocycles. The summed E-state index contributed by atoms with van der Waals surface area (Å²) in [6, 6.07) is 22.6. The lowest BCUT2D eigenvalue weighted by Crippen LogP contribution is -2.31. The topological polar surface area (TPSA) is 39.7 Å². The zero-order valence-electron chi connectivity index (χ0n) is 15.0. The summed E-state index contributed by atoms with van der Waals surface area (Å²) in [6.45, 7) is 2.17. The van der Waals surface area contributed by atoms with E-state index in [1.165, 1.54) is 16.7 Å². The normalized spacial score (nSPS) is 17.9. The average molecular weight is 359 g/mol. The van der Waals surface area contributed by atoms with Gasteiger partial charge in [-0.1, -0.05) is 30.3 Å². The number of para-hydroxylation sites is 1. The fourth-order valence-corrected chi connectivity index (χ4v) is 3.74. The van der Waals surface area contributed by atoms with Crippen molar-refractivity contribution in [3.63, 3.8) is 0 Å². The van der Waals surface area contributed by atoms with Crippen molar-refractivity contribution in [2.24, 2.45) is 0 Å². The van der Waals surface area contributed by atoms with Crippen LogP contribution >= 0.6 is 0 Å². The van der Waals surface area contributed by atoms with Gasteiger partial charge in [-0.15, -0.1) is 0 Å². The van der Waals surface area contributed by atoms with E-state index in [1.54, 1.807) is 0 Å². The SMILES string of the molecule is c1ccc(Oc2ccc(C3NCCc4cc5c(cc43)OCCO5)cc2)cc1. The molecule has 2 aliphatic heterocycles. The molecule has 27 heavy (non-hydrogen) atoms. The highest BCUT2D eigenvalue weighted by atomic mass is 16.6. The lowest BCUT2D eigenvalue weighted by molar-refractivity contribution is 0.171. The van der Waals surface area contributed by atoms with Crippen molar-refractivity contribution in [3.8, 4) is 23.0 Å². The van der Waals surface area contributed by atoms with Gasteiger partial charge >= 0.3 is 0 Å². The van der Waals surface area contributed by atoms with Crippen LogP contribution in [0.2, 0.25) is 0 Å². The highest BCUT2D eigenvalue weighted by molar-refractivity contribution is 5.52. The predicted molar refractivity (Wildman–Crippen MR) is 104 cm³/mol. The van der Waals surface area contributed by atoms with Crippen molar-refractivity contribution in [1.29, 1.82) is 0 Å². The lowest BCUT2D eigenvalue weighted by atomic mass is 9.89. The molecule has 0 radical (unpaired) electrons. The van der Waals surface area contributed by atoms with E-state index in [-0.39, 0.29) is 6.04 Å². The van der Waals surface area contributed by atoms with Crippen LogP contribution in [0.3, 0.4) is 0 Å². The monoisotopic (exact) mass is 359 g/mol. The molecule has 0 spiro atoms. The molecule has 1 unspecified atom stereocenters. The summed E-state index contributed by atoms with van der Waals surface area (Å²) in [6.07, 6.45) is 0.998. The van der Waals surface area contributed by atoms with Gasteiger partial charge in [0.25, 0.3) is 0 Å². The summed E-state index contributed by atoms with van der Waals surface area (Å²) >= 11 is 0. The molecule has 1 N–H and O–H groups in total. The molecule has 4 nitrogen and oxygen atoms in total. The van der Waals surface area contributed by atoms with Gasteiger partial charge in [0.2, 0.25) is 0 Å². The van der Waals surface area contributed by atoms with E-state index < -0.39 is 0 Å². The Morgan fingerprint density at radius 1 is 0.815 bits per heavy atom. The molecule has 0 aromatic heterocycles. The van der Waals surface area contributed by atoms with Gasteiger partial charge in [-0.3, -0.25) is 0 Å². The van der Waals surface area contributed by atoms with Crippen molar-refractivity contribution in [2.45, 2.75) is 12.5 Å². The summed E-state index contributed by atoms with van der Waals surface area (Å²) in [7, 11) is 0. The average Bonchev–Trinajstić information content (AvgIpc) is 2.73. The number of fused-ring (bicyclic) bond motifs is 2. The van der Waals surface area contributed by atoms with Crippen LogP contribution in [0.15, 0.2) is 66.7 Å². The molecule has 3 aromatic rings. The van der Waals surface area contributed by atoms with E-state index in [4.69, 9.17) is 14.2 Å².